The summed E-state index contributed by atoms with van der Waals surface area (Å²) in [6, 6.07) is 11.0. The van der Waals surface area contributed by atoms with E-state index in [4.69, 9.17) is 0 Å². The third kappa shape index (κ3) is 2.64. The number of para-hydroxylation sites is 1. The molecule has 24 heavy (non-hydrogen) atoms. The van der Waals surface area contributed by atoms with Crippen LogP contribution in [0, 0.1) is 6.92 Å². The lowest BCUT2D eigenvalue weighted by molar-refractivity contribution is 0.102. The largest absolute Gasteiger partial charge is 0.314 e. The van der Waals surface area contributed by atoms with E-state index in [2.05, 4.69) is 15.5 Å². The summed E-state index contributed by atoms with van der Waals surface area (Å²) < 4.78 is 3.24. The van der Waals surface area contributed by atoms with E-state index in [1.54, 1.807) is 24.7 Å². The average Bonchev–Trinajstić information content (AvgIpc) is 3.15. The number of aromatic nitrogens is 4. The Morgan fingerprint density at radius 1 is 1.29 bits per heavy atom. The summed E-state index contributed by atoms with van der Waals surface area (Å²) in [6.07, 6.45) is 0.755. The minimum Gasteiger partial charge on any atom is -0.314 e. The van der Waals surface area contributed by atoms with E-state index in [-0.39, 0.29) is 16.9 Å². The van der Waals surface area contributed by atoms with E-state index < -0.39 is 5.91 Å². The summed E-state index contributed by atoms with van der Waals surface area (Å²) in [7, 11) is 1.78. The number of amides is 1. The quantitative estimate of drug-likeness (QED) is 0.769. The molecule has 0 aliphatic rings. The van der Waals surface area contributed by atoms with Crippen LogP contribution in [-0.2, 0) is 13.5 Å². The maximum atomic E-state index is 12.7. The highest BCUT2D eigenvalue weighted by Crippen LogP contribution is 2.15. The molecule has 0 unspecified atom stereocenters. The molecule has 3 aromatic rings. The molecule has 0 spiro atoms. The first-order valence-electron chi connectivity index (χ1n) is 7.72. The molecule has 7 heteroatoms. The highest BCUT2D eigenvalue weighted by atomic mass is 16.2. The van der Waals surface area contributed by atoms with Crippen LogP contribution in [0.4, 0.5) is 5.69 Å². The molecule has 2 aromatic heterocycles. The Kier molecular flexibility index (Phi) is 4.07. The van der Waals surface area contributed by atoms with Gasteiger partial charge in [0.2, 0.25) is 0 Å². The van der Waals surface area contributed by atoms with Crippen molar-refractivity contribution in [3.05, 3.63) is 63.8 Å². The zero-order valence-corrected chi connectivity index (χ0v) is 13.8. The molecule has 0 atom stereocenters. The normalized spacial score (nSPS) is 10.8. The van der Waals surface area contributed by atoms with Crippen LogP contribution in [0.2, 0.25) is 0 Å². The van der Waals surface area contributed by atoms with Crippen LogP contribution >= 0.6 is 0 Å². The van der Waals surface area contributed by atoms with Crippen molar-refractivity contribution in [1.29, 1.82) is 0 Å². The van der Waals surface area contributed by atoms with Crippen molar-refractivity contribution in [2.45, 2.75) is 20.3 Å². The smallest absolute Gasteiger partial charge is 0.295 e. The zero-order chi connectivity index (χ0) is 17.3. The Labute approximate surface area is 138 Å². The first-order valence-corrected chi connectivity index (χ1v) is 7.72. The molecular formula is C17H19N5O2. The lowest BCUT2D eigenvalue weighted by Crippen LogP contribution is -2.23. The van der Waals surface area contributed by atoms with Crippen LogP contribution < -0.4 is 10.9 Å². The number of H-pyrrole nitrogens is 1. The van der Waals surface area contributed by atoms with E-state index in [1.165, 1.54) is 4.68 Å². The Morgan fingerprint density at radius 2 is 2.00 bits per heavy atom. The molecule has 124 valence electrons. The van der Waals surface area contributed by atoms with Gasteiger partial charge in [0.25, 0.3) is 11.5 Å². The van der Waals surface area contributed by atoms with Crippen molar-refractivity contribution in [2.75, 3.05) is 5.32 Å². The Morgan fingerprint density at radius 3 is 2.62 bits per heavy atom. The van der Waals surface area contributed by atoms with Crippen molar-refractivity contribution in [2.24, 2.45) is 7.05 Å². The fourth-order valence-corrected chi connectivity index (χ4v) is 2.55. The topological polar surface area (TPSA) is 84.7 Å². The molecule has 0 bridgehead atoms. The molecule has 2 N–H and O–H groups in total. The summed E-state index contributed by atoms with van der Waals surface area (Å²) in [4.78, 5) is 25.1. The molecule has 1 amide bonds. The van der Waals surface area contributed by atoms with Gasteiger partial charge < -0.3 is 5.32 Å². The molecule has 7 nitrogen and oxygen atoms in total. The van der Waals surface area contributed by atoms with Crippen LogP contribution in [0.5, 0.6) is 0 Å². The fourth-order valence-electron chi connectivity index (χ4n) is 2.55. The van der Waals surface area contributed by atoms with Crippen molar-refractivity contribution < 1.29 is 4.79 Å². The van der Waals surface area contributed by atoms with E-state index in [9.17, 15) is 9.59 Å². The van der Waals surface area contributed by atoms with Gasteiger partial charge in [0.15, 0.2) is 5.69 Å². The fraction of sp³-hybridized carbons (Fsp3) is 0.235. The number of nitrogens with one attached hydrogen (secondary N) is 2. The predicted molar refractivity (Wildman–Crippen MR) is 91.7 cm³/mol. The van der Waals surface area contributed by atoms with Crippen LogP contribution in [0.25, 0.3) is 5.69 Å². The second-order valence-corrected chi connectivity index (χ2v) is 5.52. The van der Waals surface area contributed by atoms with Crippen LogP contribution in [0.15, 0.2) is 41.2 Å². The highest BCUT2D eigenvalue weighted by Gasteiger charge is 2.19. The molecule has 0 fully saturated rings. The van der Waals surface area contributed by atoms with Gasteiger partial charge in [-0.3, -0.25) is 19.4 Å². The van der Waals surface area contributed by atoms with Crippen molar-refractivity contribution in [3.8, 4) is 5.69 Å². The minimum absolute atomic E-state index is 0.257. The number of nitrogens with zero attached hydrogens (tertiary/aromatic N) is 3. The summed E-state index contributed by atoms with van der Waals surface area (Å²) in [6.45, 7) is 3.76. The van der Waals surface area contributed by atoms with Gasteiger partial charge in [0.1, 0.15) is 5.69 Å². The SMILES string of the molecule is CCc1cc(C(=O)Nc2c(C)n(C)n(-c3ccccc3)c2=O)n[nH]1. The first kappa shape index (κ1) is 15.8. The number of hydrogen-bond donors (Lipinski definition) is 2. The number of benzene rings is 1. The van der Waals surface area contributed by atoms with Crippen LogP contribution in [0.1, 0.15) is 28.8 Å². The predicted octanol–water partition coefficient (Wildman–Crippen LogP) is 2.02. The summed E-state index contributed by atoms with van der Waals surface area (Å²) in [5, 5.41) is 9.46. The van der Waals surface area contributed by atoms with E-state index in [1.807, 2.05) is 37.3 Å². The Hall–Kier alpha value is -3.09. The van der Waals surface area contributed by atoms with Crippen molar-refractivity contribution in [1.82, 2.24) is 19.6 Å². The molecule has 2 heterocycles. The second-order valence-electron chi connectivity index (χ2n) is 5.52. The van der Waals surface area contributed by atoms with Crippen molar-refractivity contribution >= 4 is 11.6 Å². The molecule has 0 aliphatic heterocycles. The Balaban J connectivity index is 1.97. The van der Waals surface area contributed by atoms with Gasteiger partial charge in [-0.1, -0.05) is 25.1 Å². The molecule has 1 aromatic carbocycles. The maximum Gasteiger partial charge on any atom is 0.295 e. The molecule has 0 radical (unpaired) electrons. The number of aromatic amines is 1. The lowest BCUT2D eigenvalue weighted by atomic mass is 10.3. The molecule has 3 rings (SSSR count). The zero-order valence-electron chi connectivity index (χ0n) is 13.8. The van der Waals surface area contributed by atoms with Crippen molar-refractivity contribution in [3.63, 3.8) is 0 Å². The van der Waals surface area contributed by atoms with E-state index in [0.29, 0.717) is 5.69 Å². The molecule has 0 aliphatic carbocycles. The Bertz CT molecular complexity index is 934. The van der Waals surface area contributed by atoms with Gasteiger partial charge in [-0.15, -0.1) is 0 Å². The number of anilines is 1. The molecule has 0 saturated heterocycles. The summed E-state index contributed by atoms with van der Waals surface area (Å²) in [5.74, 6) is -0.406. The summed E-state index contributed by atoms with van der Waals surface area (Å²) >= 11 is 0. The number of hydrogen-bond acceptors (Lipinski definition) is 3. The van der Waals surface area contributed by atoms with Gasteiger partial charge in [0, 0.05) is 12.7 Å². The third-order valence-corrected chi connectivity index (χ3v) is 4.04. The van der Waals surface area contributed by atoms with Crippen LogP contribution in [-0.4, -0.2) is 25.5 Å². The van der Waals surface area contributed by atoms with Gasteiger partial charge in [-0.2, -0.15) is 5.10 Å². The average molecular weight is 325 g/mol. The number of rotatable bonds is 4. The van der Waals surface area contributed by atoms with Gasteiger partial charge >= 0.3 is 0 Å². The van der Waals surface area contributed by atoms with Crippen LogP contribution in [0.3, 0.4) is 0 Å². The minimum atomic E-state index is -0.406. The highest BCUT2D eigenvalue weighted by molar-refractivity contribution is 6.03. The molecule has 0 saturated carbocycles. The lowest BCUT2D eigenvalue weighted by Gasteiger charge is -2.07. The van der Waals surface area contributed by atoms with E-state index in [0.717, 1.165) is 17.8 Å². The monoisotopic (exact) mass is 325 g/mol. The van der Waals surface area contributed by atoms with Gasteiger partial charge in [-0.05, 0) is 31.5 Å². The maximum absolute atomic E-state index is 12.7. The first-order chi connectivity index (χ1) is 11.5. The second kappa shape index (κ2) is 6.19. The number of carbonyl (C=O) groups excluding carboxylic acids is 1. The number of aryl methyl sites for hydroxylation is 1. The standard InChI is InChI=1S/C17H19N5O2/c1-4-12-10-14(20-19-12)16(23)18-15-11(2)21(3)22(17(15)24)13-8-6-5-7-9-13/h5-10H,4H2,1-3H3,(H,18,23)(H,19,20). The van der Waals surface area contributed by atoms with Gasteiger partial charge in [0.05, 0.1) is 11.4 Å². The van der Waals surface area contributed by atoms with E-state index >= 15 is 0 Å². The summed E-state index contributed by atoms with van der Waals surface area (Å²) in [5.41, 5.74) is 2.52. The molecular weight excluding hydrogens is 306 g/mol. The van der Waals surface area contributed by atoms with Gasteiger partial charge in [-0.25, -0.2) is 4.68 Å². The number of carbonyl (C=O) groups is 1. The third-order valence-electron chi connectivity index (χ3n) is 4.04.